The second-order valence-electron chi connectivity index (χ2n) is 7.21. The van der Waals surface area contributed by atoms with Crippen LogP contribution in [-0.4, -0.2) is 38.5 Å². The third-order valence-corrected chi connectivity index (χ3v) is 5.80. The smallest absolute Gasteiger partial charge is 0.234 e. The molecule has 0 aliphatic carbocycles. The Balaban J connectivity index is 1.61. The quantitative estimate of drug-likeness (QED) is 0.416. The zero-order chi connectivity index (χ0) is 22.5. The number of hydrogen-bond donors (Lipinski definition) is 1. The fraction of sp³-hybridized carbons (Fsp3) is 0.167. The van der Waals surface area contributed by atoms with Gasteiger partial charge in [-0.3, -0.25) is 14.3 Å². The highest BCUT2D eigenvalue weighted by Crippen LogP contribution is 2.30. The number of methoxy groups -OCH3 is 1. The van der Waals surface area contributed by atoms with E-state index in [4.69, 9.17) is 4.74 Å². The summed E-state index contributed by atoms with van der Waals surface area (Å²) < 4.78 is 7.32. The molecule has 8 heteroatoms. The summed E-state index contributed by atoms with van der Waals surface area (Å²) in [6.45, 7) is 4.00. The van der Waals surface area contributed by atoms with Gasteiger partial charge in [-0.05, 0) is 55.3 Å². The van der Waals surface area contributed by atoms with E-state index in [1.165, 1.54) is 11.8 Å². The van der Waals surface area contributed by atoms with E-state index in [9.17, 15) is 4.79 Å². The first kappa shape index (κ1) is 21.6. The SMILES string of the molecule is COc1ccc(C)cc1NC(=O)CSc1nnc(-c2cccnc2)n1-c1ccccc1C. The second-order valence-corrected chi connectivity index (χ2v) is 8.15. The van der Waals surface area contributed by atoms with Crippen molar-refractivity contribution in [1.29, 1.82) is 0 Å². The van der Waals surface area contributed by atoms with Gasteiger partial charge < -0.3 is 10.1 Å². The van der Waals surface area contributed by atoms with Crippen molar-refractivity contribution in [2.24, 2.45) is 0 Å². The van der Waals surface area contributed by atoms with Gasteiger partial charge in [-0.25, -0.2) is 0 Å². The minimum Gasteiger partial charge on any atom is -0.495 e. The van der Waals surface area contributed by atoms with Crippen molar-refractivity contribution in [1.82, 2.24) is 19.7 Å². The number of para-hydroxylation sites is 1. The number of nitrogens with one attached hydrogen (secondary N) is 1. The maximum Gasteiger partial charge on any atom is 0.234 e. The number of thioether (sulfide) groups is 1. The van der Waals surface area contributed by atoms with Crippen LogP contribution in [0.1, 0.15) is 11.1 Å². The fourth-order valence-electron chi connectivity index (χ4n) is 3.31. The van der Waals surface area contributed by atoms with Gasteiger partial charge in [0.25, 0.3) is 0 Å². The number of rotatable bonds is 7. The molecule has 2 heterocycles. The first-order valence-corrected chi connectivity index (χ1v) is 11.0. The summed E-state index contributed by atoms with van der Waals surface area (Å²) >= 11 is 1.33. The number of nitrogens with zero attached hydrogens (tertiary/aromatic N) is 4. The lowest BCUT2D eigenvalue weighted by Gasteiger charge is -2.13. The number of amides is 1. The largest absolute Gasteiger partial charge is 0.495 e. The van der Waals surface area contributed by atoms with Crippen LogP contribution in [0.25, 0.3) is 17.1 Å². The van der Waals surface area contributed by atoms with Gasteiger partial charge in [-0.1, -0.05) is 36.0 Å². The number of hydrogen-bond acceptors (Lipinski definition) is 6. The Morgan fingerprint density at radius 3 is 2.69 bits per heavy atom. The minimum absolute atomic E-state index is 0.152. The Labute approximate surface area is 190 Å². The highest BCUT2D eigenvalue weighted by atomic mass is 32.2. The number of carbonyl (C=O) groups is 1. The lowest BCUT2D eigenvalue weighted by molar-refractivity contribution is -0.113. The molecule has 4 rings (SSSR count). The van der Waals surface area contributed by atoms with Gasteiger partial charge in [0.1, 0.15) is 5.75 Å². The number of aromatic nitrogens is 4. The molecular weight excluding hydrogens is 422 g/mol. The van der Waals surface area contributed by atoms with Gasteiger partial charge in [-0.15, -0.1) is 10.2 Å². The first-order valence-electron chi connectivity index (χ1n) is 10.1. The standard InChI is InChI=1S/C24H23N5O2S/c1-16-10-11-21(31-3)19(13-16)26-22(30)15-32-24-28-27-23(18-8-6-12-25-14-18)29(24)20-9-5-4-7-17(20)2/h4-14H,15H2,1-3H3,(H,26,30). The summed E-state index contributed by atoms with van der Waals surface area (Å²) in [4.78, 5) is 16.9. The van der Waals surface area contributed by atoms with Gasteiger partial charge in [0, 0.05) is 18.0 Å². The van der Waals surface area contributed by atoms with Crippen LogP contribution in [0.4, 0.5) is 5.69 Å². The Hall–Kier alpha value is -3.65. The zero-order valence-corrected chi connectivity index (χ0v) is 18.9. The average Bonchev–Trinajstić information content (AvgIpc) is 3.22. The van der Waals surface area contributed by atoms with Crippen LogP contribution in [0, 0.1) is 13.8 Å². The van der Waals surface area contributed by atoms with E-state index in [0.29, 0.717) is 22.4 Å². The molecule has 0 fully saturated rings. The van der Waals surface area contributed by atoms with E-state index in [1.54, 1.807) is 19.5 Å². The summed E-state index contributed by atoms with van der Waals surface area (Å²) in [6.07, 6.45) is 3.47. The van der Waals surface area contributed by atoms with Crippen molar-refractivity contribution in [2.45, 2.75) is 19.0 Å². The number of anilines is 1. The predicted octanol–water partition coefficient (Wildman–Crippen LogP) is 4.69. The summed E-state index contributed by atoms with van der Waals surface area (Å²) in [5, 5.41) is 12.3. The highest BCUT2D eigenvalue weighted by Gasteiger charge is 2.19. The molecule has 0 aliphatic rings. The summed E-state index contributed by atoms with van der Waals surface area (Å²) in [6, 6.07) is 17.5. The fourth-order valence-corrected chi connectivity index (χ4v) is 4.06. The molecule has 0 bridgehead atoms. The minimum atomic E-state index is -0.152. The number of aryl methyl sites for hydroxylation is 2. The van der Waals surface area contributed by atoms with Crippen molar-refractivity contribution in [3.63, 3.8) is 0 Å². The van der Waals surface area contributed by atoms with Gasteiger partial charge >= 0.3 is 0 Å². The molecule has 0 saturated heterocycles. The molecule has 0 atom stereocenters. The van der Waals surface area contributed by atoms with Crippen LogP contribution < -0.4 is 10.1 Å². The Kier molecular flexibility index (Phi) is 6.51. The Bertz CT molecular complexity index is 1240. The number of pyridine rings is 1. The monoisotopic (exact) mass is 445 g/mol. The predicted molar refractivity (Wildman–Crippen MR) is 126 cm³/mol. The van der Waals surface area contributed by atoms with Crippen LogP contribution in [0.2, 0.25) is 0 Å². The summed E-state index contributed by atoms with van der Waals surface area (Å²) in [7, 11) is 1.58. The molecule has 0 unspecified atom stereocenters. The van der Waals surface area contributed by atoms with Gasteiger partial charge in [0.15, 0.2) is 11.0 Å². The molecule has 4 aromatic rings. The van der Waals surface area contributed by atoms with Crippen molar-refractivity contribution in [3.8, 4) is 22.8 Å². The van der Waals surface area contributed by atoms with Crippen LogP contribution in [0.3, 0.4) is 0 Å². The van der Waals surface area contributed by atoms with Gasteiger partial charge in [0.2, 0.25) is 5.91 Å². The van der Waals surface area contributed by atoms with E-state index >= 15 is 0 Å². The topological polar surface area (TPSA) is 81.9 Å². The molecule has 2 aromatic heterocycles. The summed E-state index contributed by atoms with van der Waals surface area (Å²) in [5.74, 6) is 1.32. The summed E-state index contributed by atoms with van der Waals surface area (Å²) in [5.41, 5.74) is 4.57. The molecule has 7 nitrogen and oxygen atoms in total. The number of ether oxygens (including phenoxy) is 1. The normalized spacial score (nSPS) is 10.7. The maximum atomic E-state index is 12.7. The Morgan fingerprint density at radius 1 is 1.09 bits per heavy atom. The van der Waals surface area contributed by atoms with Crippen LogP contribution in [0.15, 0.2) is 72.1 Å². The molecule has 0 saturated carbocycles. The lowest BCUT2D eigenvalue weighted by Crippen LogP contribution is -2.15. The lowest BCUT2D eigenvalue weighted by atomic mass is 10.2. The molecule has 162 valence electrons. The van der Waals surface area contributed by atoms with Crippen LogP contribution >= 0.6 is 11.8 Å². The average molecular weight is 446 g/mol. The molecule has 2 aromatic carbocycles. The molecule has 1 amide bonds. The third-order valence-electron chi connectivity index (χ3n) is 4.87. The van der Waals surface area contributed by atoms with E-state index in [1.807, 2.05) is 73.0 Å². The molecule has 0 aliphatic heterocycles. The van der Waals surface area contributed by atoms with E-state index in [-0.39, 0.29) is 11.7 Å². The Morgan fingerprint density at radius 2 is 1.94 bits per heavy atom. The van der Waals surface area contributed by atoms with Crippen LogP contribution in [0.5, 0.6) is 5.75 Å². The first-order chi connectivity index (χ1) is 15.6. The van der Waals surface area contributed by atoms with Gasteiger partial charge in [0.05, 0.1) is 24.2 Å². The van der Waals surface area contributed by atoms with Crippen molar-refractivity contribution in [3.05, 3.63) is 78.1 Å². The molecule has 0 radical (unpaired) electrons. The van der Waals surface area contributed by atoms with E-state index < -0.39 is 0 Å². The second kappa shape index (κ2) is 9.65. The highest BCUT2D eigenvalue weighted by molar-refractivity contribution is 7.99. The van der Waals surface area contributed by atoms with Gasteiger partial charge in [-0.2, -0.15) is 0 Å². The number of benzene rings is 2. The maximum absolute atomic E-state index is 12.7. The number of carbonyl (C=O) groups excluding carboxylic acids is 1. The van der Waals surface area contributed by atoms with Crippen LogP contribution in [-0.2, 0) is 4.79 Å². The van der Waals surface area contributed by atoms with Crippen molar-refractivity contribution >= 4 is 23.4 Å². The molecule has 32 heavy (non-hydrogen) atoms. The molecule has 1 N–H and O–H groups in total. The van der Waals surface area contributed by atoms with E-state index in [0.717, 1.165) is 22.4 Å². The van der Waals surface area contributed by atoms with E-state index in [2.05, 4.69) is 20.5 Å². The molecule has 0 spiro atoms. The van der Waals surface area contributed by atoms with Crippen molar-refractivity contribution in [2.75, 3.05) is 18.2 Å². The zero-order valence-electron chi connectivity index (χ0n) is 18.1. The molecular formula is C24H23N5O2S. The van der Waals surface area contributed by atoms with Crippen molar-refractivity contribution < 1.29 is 9.53 Å². The third kappa shape index (κ3) is 4.65.